The van der Waals surface area contributed by atoms with Crippen molar-refractivity contribution in [3.63, 3.8) is 0 Å². The van der Waals surface area contributed by atoms with Crippen molar-refractivity contribution in [1.82, 2.24) is 9.78 Å². The van der Waals surface area contributed by atoms with Gasteiger partial charge in [-0.1, -0.05) is 59.1 Å². The van der Waals surface area contributed by atoms with E-state index in [0.29, 0.717) is 15.1 Å². The number of hydrogen-bond donors (Lipinski definition) is 0. The highest BCUT2D eigenvalue weighted by Crippen LogP contribution is 2.39. The Bertz CT molecular complexity index is 1270. The van der Waals surface area contributed by atoms with Crippen molar-refractivity contribution < 1.29 is 0 Å². The second-order valence-corrected chi connectivity index (χ2v) is 8.81. The van der Waals surface area contributed by atoms with E-state index < -0.39 is 0 Å². The van der Waals surface area contributed by atoms with E-state index in [1.165, 1.54) is 22.3 Å². The third kappa shape index (κ3) is 3.76. The number of hydrogen-bond acceptors (Lipinski definition) is 1. The maximum Gasteiger partial charge on any atom is 0.112 e. The molecule has 0 bridgehead atoms. The van der Waals surface area contributed by atoms with Crippen molar-refractivity contribution in [3.8, 4) is 28.2 Å². The van der Waals surface area contributed by atoms with Gasteiger partial charge < -0.3 is 0 Å². The number of aryl methyl sites for hydroxylation is 4. The van der Waals surface area contributed by atoms with Crippen LogP contribution in [0.2, 0.25) is 15.1 Å². The fourth-order valence-electron chi connectivity index (χ4n) is 3.41. The van der Waals surface area contributed by atoms with Crippen LogP contribution in [0, 0.1) is 27.7 Å². The Balaban J connectivity index is 2.00. The largest absolute Gasteiger partial charge is 0.231 e. The van der Waals surface area contributed by atoms with E-state index in [9.17, 15) is 0 Å². The fraction of sp³-hybridized carbons (Fsp3) is 0.160. The molecule has 2 nitrogen and oxygen atoms in total. The first-order chi connectivity index (χ1) is 14.3. The molecule has 4 aromatic rings. The van der Waals surface area contributed by atoms with Crippen LogP contribution in [0.1, 0.15) is 22.3 Å². The van der Waals surface area contributed by atoms with Crippen LogP contribution in [0.3, 0.4) is 0 Å². The summed E-state index contributed by atoms with van der Waals surface area (Å²) in [6, 6.07) is 18.0. The fourth-order valence-corrected chi connectivity index (χ4v) is 4.04. The molecule has 0 fully saturated rings. The summed E-state index contributed by atoms with van der Waals surface area (Å²) in [7, 11) is 0. The van der Waals surface area contributed by atoms with Gasteiger partial charge in [0, 0.05) is 11.1 Å². The predicted octanol–water partition coefficient (Wildman–Crippen LogP) is 8.40. The first-order valence-electron chi connectivity index (χ1n) is 9.65. The summed E-state index contributed by atoms with van der Waals surface area (Å²) < 4.78 is 1.85. The zero-order valence-electron chi connectivity index (χ0n) is 17.2. The molecule has 0 saturated carbocycles. The van der Waals surface area contributed by atoms with Crippen LogP contribution in [0.25, 0.3) is 28.2 Å². The average Bonchev–Trinajstić information content (AvgIpc) is 3.05. The molecule has 0 spiro atoms. The van der Waals surface area contributed by atoms with Gasteiger partial charge >= 0.3 is 0 Å². The lowest BCUT2D eigenvalue weighted by Gasteiger charge is -2.11. The standard InChI is InChI=1S/C25H21Cl3N2/c1-14-5-7-18(11-16(14)3)24-23(28)25(19-8-6-15(2)17(4)12-19)30(29-24)20-9-10-21(26)22(27)13-20/h5-13H,1-4H3. The Hall–Kier alpha value is -2.26. The van der Waals surface area contributed by atoms with Gasteiger partial charge in [-0.3, -0.25) is 0 Å². The lowest BCUT2D eigenvalue weighted by molar-refractivity contribution is 0.891. The van der Waals surface area contributed by atoms with Crippen molar-refractivity contribution >= 4 is 34.8 Å². The maximum absolute atomic E-state index is 6.96. The lowest BCUT2D eigenvalue weighted by Crippen LogP contribution is -2.00. The molecule has 0 N–H and O–H groups in total. The lowest BCUT2D eigenvalue weighted by atomic mass is 10.0. The molecular weight excluding hydrogens is 435 g/mol. The van der Waals surface area contributed by atoms with Crippen LogP contribution in [-0.2, 0) is 0 Å². The Labute approximate surface area is 192 Å². The van der Waals surface area contributed by atoms with Crippen LogP contribution in [0.15, 0.2) is 54.6 Å². The molecule has 3 aromatic carbocycles. The van der Waals surface area contributed by atoms with E-state index in [-0.39, 0.29) is 0 Å². The Morgan fingerprint density at radius 2 is 1.23 bits per heavy atom. The molecule has 0 aliphatic heterocycles. The summed E-state index contributed by atoms with van der Waals surface area (Å²) in [4.78, 5) is 0. The zero-order chi connectivity index (χ0) is 21.6. The summed E-state index contributed by atoms with van der Waals surface area (Å²) in [5.41, 5.74) is 9.18. The van der Waals surface area contributed by atoms with E-state index in [1.54, 1.807) is 6.07 Å². The van der Waals surface area contributed by atoms with Crippen LogP contribution in [-0.4, -0.2) is 9.78 Å². The molecule has 4 rings (SSSR count). The van der Waals surface area contributed by atoms with Crippen LogP contribution < -0.4 is 0 Å². The normalized spacial score (nSPS) is 11.2. The monoisotopic (exact) mass is 454 g/mol. The van der Waals surface area contributed by atoms with Gasteiger partial charge in [-0.05, 0) is 80.3 Å². The van der Waals surface area contributed by atoms with Gasteiger partial charge in [0.2, 0.25) is 0 Å². The summed E-state index contributed by atoms with van der Waals surface area (Å²) >= 11 is 19.4. The maximum atomic E-state index is 6.96. The third-order valence-electron chi connectivity index (χ3n) is 5.54. The first-order valence-corrected chi connectivity index (χ1v) is 10.8. The zero-order valence-corrected chi connectivity index (χ0v) is 19.5. The summed E-state index contributed by atoms with van der Waals surface area (Å²) in [6.07, 6.45) is 0. The number of aromatic nitrogens is 2. The molecule has 0 aliphatic rings. The topological polar surface area (TPSA) is 17.8 Å². The van der Waals surface area contributed by atoms with Gasteiger partial charge in [-0.2, -0.15) is 5.10 Å². The van der Waals surface area contributed by atoms with Gasteiger partial charge in [0.25, 0.3) is 0 Å². The molecule has 0 atom stereocenters. The quantitative estimate of drug-likeness (QED) is 0.303. The summed E-state index contributed by atoms with van der Waals surface area (Å²) in [6.45, 7) is 8.37. The van der Waals surface area contributed by atoms with Gasteiger partial charge in [0.1, 0.15) is 5.69 Å². The molecule has 5 heteroatoms. The van der Waals surface area contributed by atoms with E-state index in [1.807, 2.05) is 16.8 Å². The minimum atomic E-state index is 0.472. The number of halogens is 3. The third-order valence-corrected chi connectivity index (χ3v) is 6.63. The van der Waals surface area contributed by atoms with Crippen molar-refractivity contribution in [3.05, 3.63) is 91.9 Å². The highest BCUT2D eigenvalue weighted by molar-refractivity contribution is 6.42. The second-order valence-electron chi connectivity index (χ2n) is 7.62. The van der Waals surface area contributed by atoms with Crippen LogP contribution in [0.5, 0.6) is 0 Å². The molecule has 0 aliphatic carbocycles. The van der Waals surface area contributed by atoms with E-state index >= 15 is 0 Å². The minimum Gasteiger partial charge on any atom is -0.231 e. The first kappa shape index (κ1) is 21.0. The summed E-state index contributed by atoms with van der Waals surface area (Å²) in [5.74, 6) is 0. The van der Waals surface area contributed by atoms with E-state index in [0.717, 1.165) is 28.2 Å². The molecule has 0 amide bonds. The average molecular weight is 456 g/mol. The van der Waals surface area contributed by atoms with E-state index in [2.05, 4.69) is 64.1 Å². The number of nitrogens with zero attached hydrogens (tertiary/aromatic N) is 2. The van der Waals surface area contributed by atoms with Gasteiger partial charge in [-0.25, -0.2) is 4.68 Å². The highest BCUT2D eigenvalue weighted by atomic mass is 35.5. The van der Waals surface area contributed by atoms with E-state index in [4.69, 9.17) is 39.9 Å². The van der Waals surface area contributed by atoms with Crippen molar-refractivity contribution in [2.45, 2.75) is 27.7 Å². The van der Waals surface area contributed by atoms with Crippen LogP contribution >= 0.6 is 34.8 Å². The molecule has 1 heterocycles. The van der Waals surface area contributed by atoms with Gasteiger partial charge in [0.15, 0.2) is 0 Å². The molecule has 0 unspecified atom stereocenters. The SMILES string of the molecule is Cc1ccc(-c2nn(-c3ccc(Cl)c(Cl)c3)c(-c3ccc(C)c(C)c3)c2Cl)cc1C. The Morgan fingerprint density at radius 1 is 0.633 bits per heavy atom. The van der Waals surface area contributed by atoms with Crippen molar-refractivity contribution in [2.24, 2.45) is 0 Å². The Morgan fingerprint density at radius 3 is 1.83 bits per heavy atom. The van der Waals surface area contributed by atoms with Crippen molar-refractivity contribution in [2.75, 3.05) is 0 Å². The molecule has 152 valence electrons. The van der Waals surface area contributed by atoms with Crippen LogP contribution in [0.4, 0.5) is 0 Å². The highest BCUT2D eigenvalue weighted by Gasteiger charge is 2.21. The minimum absolute atomic E-state index is 0.472. The van der Waals surface area contributed by atoms with Gasteiger partial charge in [0.05, 0.1) is 26.4 Å². The van der Waals surface area contributed by atoms with Crippen molar-refractivity contribution in [1.29, 1.82) is 0 Å². The van der Waals surface area contributed by atoms with Gasteiger partial charge in [-0.15, -0.1) is 0 Å². The molecule has 0 radical (unpaired) electrons. The Kier molecular flexibility index (Phi) is 5.67. The smallest absolute Gasteiger partial charge is 0.112 e. The number of benzene rings is 3. The number of rotatable bonds is 3. The molecular formula is C25H21Cl3N2. The predicted molar refractivity (Wildman–Crippen MR) is 128 cm³/mol. The second kappa shape index (κ2) is 8.11. The molecule has 1 aromatic heterocycles. The summed E-state index contributed by atoms with van der Waals surface area (Å²) in [5, 5.41) is 6.48. The molecule has 0 saturated heterocycles. The molecule has 30 heavy (non-hydrogen) atoms.